The summed E-state index contributed by atoms with van der Waals surface area (Å²) >= 11 is 0. The molecule has 1 aliphatic rings. The molecule has 0 saturated heterocycles. The molecule has 0 spiro atoms. The molecule has 0 unspecified atom stereocenters. The zero-order chi connectivity index (χ0) is 5.98. The Morgan fingerprint density at radius 3 is 1.10 bits per heavy atom. The van der Waals surface area contributed by atoms with E-state index in [2.05, 4.69) is 0 Å². The van der Waals surface area contributed by atoms with Gasteiger partial charge in [0.15, 0.2) is 0 Å². The standard InChI is InChI=1S/C6H14N2.2H3N/c7-5-1-2-6(8)4-3-5;;/h5-6H,1-4,7-8H2;2*1H3/t5-,6-;;. The van der Waals surface area contributed by atoms with Crippen molar-refractivity contribution in [2.75, 3.05) is 0 Å². The Morgan fingerprint density at radius 2 is 0.900 bits per heavy atom. The van der Waals surface area contributed by atoms with E-state index in [-0.39, 0.29) is 12.3 Å². The maximum atomic E-state index is 5.64. The quantitative estimate of drug-likeness (QED) is 0.400. The summed E-state index contributed by atoms with van der Waals surface area (Å²) in [4.78, 5) is 0. The van der Waals surface area contributed by atoms with Crippen LogP contribution in [0.4, 0.5) is 0 Å². The van der Waals surface area contributed by atoms with Crippen molar-refractivity contribution in [2.45, 2.75) is 37.8 Å². The third-order valence-corrected chi connectivity index (χ3v) is 1.82. The van der Waals surface area contributed by atoms with Gasteiger partial charge in [0, 0.05) is 12.1 Å². The second-order valence-corrected chi connectivity index (χ2v) is 2.67. The van der Waals surface area contributed by atoms with Gasteiger partial charge in [-0.1, -0.05) is 0 Å². The van der Waals surface area contributed by atoms with Gasteiger partial charge in [0.1, 0.15) is 0 Å². The van der Waals surface area contributed by atoms with Crippen LogP contribution in [0.25, 0.3) is 0 Å². The average Bonchev–Trinajstić information content (AvgIpc) is 1.77. The molecule has 0 radical (unpaired) electrons. The zero-order valence-electron chi connectivity index (χ0n) is 6.55. The maximum absolute atomic E-state index is 5.64. The summed E-state index contributed by atoms with van der Waals surface area (Å²) in [5.74, 6) is 0. The lowest BCUT2D eigenvalue weighted by Crippen LogP contribution is -2.33. The molecule has 4 nitrogen and oxygen atoms in total. The molecule has 0 bridgehead atoms. The van der Waals surface area contributed by atoms with Crippen molar-refractivity contribution in [3.05, 3.63) is 0 Å². The van der Waals surface area contributed by atoms with Crippen LogP contribution in [0.2, 0.25) is 0 Å². The summed E-state index contributed by atoms with van der Waals surface area (Å²) in [6.45, 7) is 0. The second-order valence-electron chi connectivity index (χ2n) is 2.67. The summed E-state index contributed by atoms with van der Waals surface area (Å²) in [7, 11) is 0. The fraction of sp³-hybridized carbons (Fsp3) is 1.00. The molecule has 0 heterocycles. The predicted molar refractivity (Wildman–Crippen MR) is 44.5 cm³/mol. The molecule has 64 valence electrons. The maximum Gasteiger partial charge on any atom is 0.00399 e. The Hall–Kier alpha value is -0.160. The average molecular weight is 148 g/mol. The first-order valence-electron chi connectivity index (χ1n) is 3.30. The van der Waals surface area contributed by atoms with Crippen LogP contribution in [0.5, 0.6) is 0 Å². The fourth-order valence-corrected chi connectivity index (χ4v) is 1.14. The summed E-state index contributed by atoms with van der Waals surface area (Å²) in [6, 6.07) is 0.879. The van der Waals surface area contributed by atoms with Crippen LogP contribution in [0.3, 0.4) is 0 Å². The van der Waals surface area contributed by atoms with E-state index in [4.69, 9.17) is 11.5 Å². The van der Waals surface area contributed by atoms with Crippen molar-refractivity contribution < 1.29 is 0 Å². The Kier molecular flexibility index (Phi) is 7.02. The van der Waals surface area contributed by atoms with Gasteiger partial charge in [-0.25, -0.2) is 0 Å². The molecular formula is C6H20N4. The zero-order valence-corrected chi connectivity index (χ0v) is 6.55. The number of hydrogen-bond acceptors (Lipinski definition) is 4. The molecule has 1 rings (SSSR count). The van der Waals surface area contributed by atoms with E-state index in [1.54, 1.807) is 0 Å². The third-order valence-electron chi connectivity index (χ3n) is 1.82. The highest BCUT2D eigenvalue weighted by Gasteiger charge is 2.13. The molecule has 0 atom stereocenters. The lowest BCUT2D eigenvalue weighted by Gasteiger charge is -2.22. The van der Waals surface area contributed by atoms with Gasteiger partial charge in [0.05, 0.1) is 0 Å². The fourth-order valence-electron chi connectivity index (χ4n) is 1.14. The van der Waals surface area contributed by atoms with E-state index in [1.165, 1.54) is 0 Å². The summed E-state index contributed by atoms with van der Waals surface area (Å²) in [6.07, 6.45) is 4.50. The van der Waals surface area contributed by atoms with Gasteiger partial charge in [0.2, 0.25) is 0 Å². The van der Waals surface area contributed by atoms with Crippen molar-refractivity contribution in [2.24, 2.45) is 11.5 Å². The van der Waals surface area contributed by atoms with Gasteiger partial charge in [-0.2, -0.15) is 0 Å². The highest BCUT2D eigenvalue weighted by atomic mass is 14.7. The Morgan fingerprint density at radius 1 is 0.700 bits per heavy atom. The lowest BCUT2D eigenvalue weighted by atomic mass is 9.93. The monoisotopic (exact) mass is 148 g/mol. The van der Waals surface area contributed by atoms with E-state index >= 15 is 0 Å². The molecular weight excluding hydrogens is 128 g/mol. The predicted octanol–water partition coefficient (Wildman–Crippen LogP) is 0.539. The van der Waals surface area contributed by atoms with E-state index in [0.29, 0.717) is 12.1 Å². The van der Waals surface area contributed by atoms with Gasteiger partial charge in [0.25, 0.3) is 0 Å². The number of hydrogen-bond donors (Lipinski definition) is 4. The molecule has 1 fully saturated rings. The molecule has 10 heavy (non-hydrogen) atoms. The third kappa shape index (κ3) is 3.79. The minimum atomic E-state index is 0. The van der Waals surface area contributed by atoms with Gasteiger partial charge in [-0.3, -0.25) is 0 Å². The van der Waals surface area contributed by atoms with Crippen molar-refractivity contribution >= 4 is 0 Å². The largest absolute Gasteiger partial charge is 0.344 e. The van der Waals surface area contributed by atoms with Gasteiger partial charge in [-0.15, -0.1) is 0 Å². The van der Waals surface area contributed by atoms with Gasteiger partial charge < -0.3 is 23.8 Å². The van der Waals surface area contributed by atoms with Crippen LogP contribution >= 0.6 is 0 Å². The lowest BCUT2D eigenvalue weighted by molar-refractivity contribution is 0.395. The van der Waals surface area contributed by atoms with E-state index < -0.39 is 0 Å². The number of rotatable bonds is 0. The first kappa shape index (κ1) is 12.5. The highest BCUT2D eigenvalue weighted by molar-refractivity contribution is 4.75. The molecule has 0 aliphatic heterocycles. The minimum absolute atomic E-state index is 0. The van der Waals surface area contributed by atoms with Crippen LogP contribution in [-0.4, -0.2) is 12.1 Å². The molecule has 10 N–H and O–H groups in total. The minimum Gasteiger partial charge on any atom is -0.344 e. The Bertz CT molecular complexity index is 58.1. The second kappa shape index (κ2) is 5.61. The van der Waals surface area contributed by atoms with Crippen molar-refractivity contribution in [1.82, 2.24) is 12.3 Å². The molecule has 1 saturated carbocycles. The van der Waals surface area contributed by atoms with E-state index in [9.17, 15) is 0 Å². The van der Waals surface area contributed by atoms with Crippen LogP contribution in [0.1, 0.15) is 25.7 Å². The molecule has 0 aromatic carbocycles. The van der Waals surface area contributed by atoms with Crippen LogP contribution in [0, 0.1) is 0 Å². The van der Waals surface area contributed by atoms with Crippen LogP contribution in [0.15, 0.2) is 0 Å². The van der Waals surface area contributed by atoms with Gasteiger partial charge in [-0.05, 0) is 25.7 Å². The number of nitrogens with two attached hydrogens (primary N) is 2. The molecule has 1 aliphatic carbocycles. The summed E-state index contributed by atoms with van der Waals surface area (Å²) in [5, 5.41) is 0. The van der Waals surface area contributed by atoms with Crippen LogP contribution < -0.4 is 23.8 Å². The normalized spacial score (nSPS) is 31.8. The highest BCUT2D eigenvalue weighted by Crippen LogP contribution is 2.14. The Balaban J connectivity index is 0. The van der Waals surface area contributed by atoms with E-state index in [0.717, 1.165) is 25.7 Å². The van der Waals surface area contributed by atoms with Crippen molar-refractivity contribution in [1.29, 1.82) is 0 Å². The smallest absolute Gasteiger partial charge is 0.00399 e. The Labute approximate surface area is 62.5 Å². The van der Waals surface area contributed by atoms with Crippen molar-refractivity contribution in [3.63, 3.8) is 0 Å². The summed E-state index contributed by atoms with van der Waals surface area (Å²) < 4.78 is 0. The van der Waals surface area contributed by atoms with E-state index in [1.807, 2.05) is 0 Å². The van der Waals surface area contributed by atoms with Crippen molar-refractivity contribution in [3.8, 4) is 0 Å². The molecule has 0 amide bonds. The SMILES string of the molecule is N.N.N[C@H]1CC[C@H](N)CC1. The molecule has 4 heteroatoms. The summed E-state index contributed by atoms with van der Waals surface area (Å²) in [5.41, 5.74) is 11.3. The first-order chi connectivity index (χ1) is 3.79. The first-order valence-corrected chi connectivity index (χ1v) is 3.30. The molecule has 0 aromatic heterocycles. The topological polar surface area (TPSA) is 122 Å². The van der Waals surface area contributed by atoms with Crippen LogP contribution in [-0.2, 0) is 0 Å². The molecule has 0 aromatic rings. The van der Waals surface area contributed by atoms with Gasteiger partial charge >= 0.3 is 0 Å².